The summed E-state index contributed by atoms with van der Waals surface area (Å²) in [5.41, 5.74) is 0.671. The molecule has 0 spiro atoms. The minimum absolute atomic E-state index is 0.0577. The second-order valence-electron chi connectivity index (χ2n) is 4.20. The Balaban J connectivity index is 2.13. The Bertz CT molecular complexity index is 519. The number of rotatable bonds is 4. The molecule has 18 heavy (non-hydrogen) atoms. The number of aromatic nitrogens is 2. The minimum atomic E-state index is -0.0644. The molecule has 0 aliphatic heterocycles. The molecule has 2 aromatic rings. The smallest absolute Gasteiger partial charge is 0.251 e. The van der Waals surface area contributed by atoms with Crippen molar-refractivity contribution in [1.82, 2.24) is 14.9 Å². The number of nitrogens with one attached hydrogen (secondary N) is 1. The van der Waals surface area contributed by atoms with Crippen LogP contribution in [0.4, 0.5) is 0 Å². The Morgan fingerprint density at radius 1 is 1.39 bits per heavy atom. The van der Waals surface area contributed by atoms with E-state index in [1.54, 1.807) is 18.3 Å². The maximum Gasteiger partial charge on any atom is 0.251 e. The molecule has 94 valence electrons. The van der Waals surface area contributed by atoms with Gasteiger partial charge < -0.3 is 9.88 Å². The minimum Gasteiger partial charge on any atom is -0.342 e. The van der Waals surface area contributed by atoms with Crippen LogP contribution in [-0.4, -0.2) is 15.5 Å². The van der Waals surface area contributed by atoms with E-state index in [2.05, 4.69) is 10.3 Å². The fourth-order valence-corrected chi connectivity index (χ4v) is 1.89. The van der Waals surface area contributed by atoms with Gasteiger partial charge in [0.15, 0.2) is 0 Å². The number of nitrogens with zero attached hydrogens (tertiary/aromatic N) is 2. The van der Waals surface area contributed by atoms with Crippen LogP contribution in [0.15, 0.2) is 42.7 Å². The highest BCUT2D eigenvalue weighted by Crippen LogP contribution is 2.14. The van der Waals surface area contributed by atoms with Crippen molar-refractivity contribution in [2.45, 2.75) is 19.4 Å². The molecule has 4 nitrogen and oxygen atoms in total. The predicted octanol–water partition coefficient (Wildman–Crippen LogP) is 2.30. The first-order chi connectivity index (χ1) is 8.72. The maximum atomic E-state index is 12.1. The molecule has 0 radical (unpaired) electrons. The summed E-state index contributed by atoms with van der Waals surface area (Å²) in [7, 11) is 1.93. The standard InChI is InChI=1S/C14H17N3O/c1-3-12(13-15-9-10-17(13)2)16-14(18)11-7-5-4-6-8-11/h4-10,12H,3H2,1-2H3,(H,16,18)/t12-/m0/s1. The van der Waals surface area contributed by atoms with Gasteiger partial charge in [0.1, 0.15) is 5.82 Å². The number of amides is 1. The van der Waals surface area contributed by atoms with Crippen LogP contribution in [0.2, 0.25) is 0 Å². The number of carbonyl (C=O) groups is 1. The summed E-state index contributed by atoms with van der Waals surface area (Å²) in [6.07, 6.45) is 4.43. The number of imidazole rings is 1. The molecule has 1 aromatic carbocycles. The van der Waals surface area contributed by atoms with Crippen LogP contribution in [0.3, 0.4) is 0 Å². The van der Waals surface area contributed by atoms with Crippen LogP contribution in [0.1, 0.15) is 35.6 Å². The van der Waals surface area contributed by atoms with Crippen LogP contribution in [-0.2, 0) is 7.05 Å². The quantitative estimate of drug-likeness (QED) is 0.895. The van der Waals surface area contributed by atoms with Gasteiger partial charge in [0, 0.05) is 25.0 Å². The molecule has 0 saturated carbocycles. The summed E-state index contributed by atoms with van der Waals surface area (Å²) in [4.78, 5) is 16.4. The van der Waals surface area contributed by atoms with Crippen molar-refractivity contribution in [3.8, 4) is 0 Å². The van der Waals surface area contributed by atoms with Crippen molar-refractivity contribution in [2.24, 2.45) is 7.05 Å². The zero-order valence-corrected chi connectivity index (χ0v) is 10.6. The van der Waals surface area contributed by atoms with Crippen LogP contribution in [0.25, 0.3) is 0 Å². The van der Waals surface area contributed by atoms with E-state index >= 15 is 0 Å². The fourth-order valence-electron chi connectivity index (χ4n) is 1.89. The van der Waals surface area contributed by atoms with Crippen molar-refractivity contribution in [3.63, 3.8) is 0 Å². The monoisotopic (exact) mass is 243 g/mol. The number of aryl methyl sites for hydroxylation is 1. The van der Waals surface area contributed by atoms with E-state index in [1.807, 2.05) is 42.9 Å². The third-order valence-electron chi connectivity index (χ3n) is 2.92. The van der Waals surface area contributed by atoms with Gasteiger partial charge in [-0.15, -0.1) is 0 Å². The van der Waals surface area contributed by atoms with Gasteiger partial charge in [0.25, 0.3) is 5.91 Å². The van der Waals surface area contributed by atoms with Gasteiger partial charge in [-0.1, -0.05) is 25.1 Å². The Morgan fingerprint density at radius 2 is 2.11 bits per heavy atom. The van der Waals surface area contributed by atoms with Crippen molar-refractivity contribution >= 4 is 5.91 Å². The highest BCUT2D eigenvalue weighted by Gasteiger charge is 2.17. The molecule has 0 saturated heterocycles. The van der Waals surface area contributed by atoms with Crippen molar-refractivity contribution in [2.75, 3.05) is 0 Å². The number of hydrogen-bond acceptors (Lipinski definition) is 2. The first-order valence-corrected chi connectivity index (χ1v) is 6.05. The van der Waals surface area contributed by atoms with E-state index < -0.39 is 0 Å². The van der Waals surface area contributed by atoms with Gasteiger partial charge in [-0.2, -0.15) is 0 Å². The molecule has 0 bridgehead atoms. The van der Waals surface area contributed by atoms with Crippen molar-refractivity contribution in [1.29, 1.82) is 0 Å². The Morgan fingerprint density at radius 3 is 2.67 bits per heavy atom. The van der Waals surface area contributed by atoms with Gasteiger partial charge >= 0.3 is 0 Å². The van der Waals surface area contributed by atoms with Crippen molar-refractivity contribution < 1.29 is 4.79 Å². The average molecular weight is 243 g/mol. The molecule has 1 heterocycles. The summed E-state index contributed by atoms with van der Waals surface area (Å²) >= 11 is 0. The molecule has 0 unspecified atom stereocenters. The molecule has 0 fully saturated rings. The zero-order chi connectivity index (χ0) is 13.0. The second-order valence-corrected chi connectivity index (χ2v) is 4.20. The van der Waals surface area contributed by atoms with E-state index in [1.165, 1.54) is 0 Å². The molecular formula is C14H17N3O. The largest absolute Gasteiger partial charge is 0.342 e. The Hall–Kier alpha value is -2.10. The van der Waals surface area contributed by atoms with Crippen LogP contribution < -0.4 is 5.32 Å². The predicted molar refractivity (Wildman–Crippen MR) is 70.1 cm³/mol. The van der Waals surface area contributed by atoms with Crippen molar-refractivity contribution in [3.05, 3.63) is 54.1 Å². The SMILES string of the molecule is CC[C@H](NC(=O)c1ccccc1)c1nccn1C. The molecule has 2 rings (SSSR count). The molecule has 1 atom stereocenters. The van der Waals surface area contributed by atoms with Gasteiger partial charge in [-0.3, -0.25) is 4.79 Å². The first-order valence-electron chi connectivity index (χ1n) is 6.05. The molecule has 4 heteroatoms. The number of hydrogen-bond donors (Lipinski definition) is 1. The third kappa shape index (κ3) is 2.59. The zero-order valence-electron chi connectivity index (χ0n) is 10.6. The lowest BCUT2D eigenvalue weighted by Gasteiger charge is -2.16. The Kier molecular flexibility index (Phi) is 3.77. The highest BCUT2D eigenvalue weighted by atomic mass is 16.1. The maximum absolute atomic E-state index is 12.1. The van der Waals surface area contributed by atoms with E-state index in [-0.39, 0.29) is 11.9 Å². The summed E-state index contributed by atoms with van der Waals surface area (Å²) in [6, 6.07) is 9.17. The molecule has 1 amide bonds. The van der Waals surface area contributed by atoms with E-state index in [0.717, 1.165) is 12.2 Å². The fraction of sp³-hybridized carbons (Fsp3) is 0.286. The van der Waals surface area contributed by atoms with Crippen LogP contribution in [0, 0.1) is 0 Å². The first kappa shape index (κ1) is 12.4. The average Bonchev–Trinajstić information content (AvgIpc) is 2.83. The van der Waals surface area contributed by atoms with E-state index in [4.69, 9.17) is 0 Å². The van der Waals surface area contributed by atoms with E-state index in [0.29, 0.717) is 5.56 Å². The topological polar surface area (TPSA) is 46.9 Å². The number of carbonyl (C=O) groups excluding carboxylic acids is 1. The Labute approximate surface area is 107 Å². The summed E-state index contributed by atoms with van der Waals surface area (Å²) in [5.74, 6) is 0.812. The summed E-state index contributed by atoms with van der Waals surface area (Å²) in [6.45, 7) is 2.03. The highest BCUT2D eigenvalue weighted by molar-refractivity contribution is 5.94. The van der Waals surface area contributed by atoms with Gasteiger partial charge in [-0.25, -0.2) is 4.98 Å². The van der Waals surface area contributed by atoms with Gasteiger partial charge in [0.05, 0.1) is 6.04 Å². The van der Waals surface area contributed by atoms with E-state index in [9.17, 15) is 4.79 Å². The van der Waals surface area contributed by atoms with Crippen LogP contribution >= 0.6 is 0 Å². The molecule has 1 aromatic heterocycles. The molecular weight excluding hydrogens is 226 g/mol. The third-order valence-corrected chi connectivity index (χ3v) is 2.92. The molecule has 0 aliphatic carbocycles. The summed E-state index contributed by atoms with van der Waals surface area (Å²) in [5, 5.41) is 3.00. The second kappa shape index (κ2) is 5.49. The summed E-state index contributed by atoms with van der Waals surface area (Å²) < 4.78 is 1.93. The lowest BCUT2D eigenvalue weighted by Crippen LogP contribution is -2.29. The molecule has 1 N–H and O–H groups in total. The normalized spacial score (nSPS) is 12.1. The molecule has 0 aliphatic rings. The number of benzene rings is 1. The lowest BCUT2D eigenvalue weighted by atomic mass is 10.1. The van der Waals surface area contributed by atoms with Gasteiger partial charge in [0.2, 0.25) is 0 Å². The lowest BCUT2D eigenvalue weighted by molar-refractivity contribution is 0.0933. The van der Waals surface area contributed by atoms with Crippen LogP contribution in [0.5, 0.6) is 0 Å². The van der Waals surface area contributed by atoms with Gasteiger partial charge in [-0.05, 0) is 18.6 Å².